The Balaban J connectivity index is 1.90. The van der Waals surface area contributed by atoms with Gasteiger partial charge in [-0.05, 0) is 49.4 Å². The summed E-state index contributed by atoms with van der Waals surface area (Å²) >= 11 is 9.80. The lowest BCUT2D eigenvalue weighted by Crippen LogP contribution is -2.03. The van der Waals surface area contributed by atoms with Crippen LogP contribution >= 0.6 is 27.5 Å². The molecule has 1 heterocycles. The van der Waals surface area contributed by atoms with Gasteiger partial charge in [0.25, 0.3) is 0 Å². The van der Waals surface area contributed by atoms with Crippen LogP contribution in [-0.4, -0.2) is 20.9 Å². The molecule has 1 aliphatic rings. The van der Waals surface area contributed by atoms with E-state index in [9.17, 15) is 9.90 Å². The van der Waals surface area contributed by atoms with Gasteiger partial charge in [-0.3, -0.25) is 0 Å². The van der Waals surface area contributed by atoms with Gasteiger partial charge in [0.15, 0.2) is 5.69 Å². The SMILES string of the molecule is Cc1c(C(=O)O)nn(-c2ccc(Br)cc2Cl)c1-c1ccc(C2CC2)cc1. The largest absolute Gasteiger partial charge is 0.476 e. The molecule has 0 atom stereocenters. The van der Waals surface area contributed by atoms with Gasteiger partial charge in [0.2, 0.25) is 0 Å². The summed E-state index contributed by atoms with van der Waals surface area (Å²) in [5.74, 6) is -0.379. The predicted molar refractivity (Wildman–Crippen MR) is 105 cm³/mol. The van der Waals surface area contributed by atoms with E-state index >= 15 is 0 Å². The first-order valence-electron chi connectivity index (χ1n) is 8.34. The van der Waals surface area contributed by atoms with Gasteiger partial charge in [-0.25, -0.2) is 9.48 Å². The van der Waals surface area contributed by atoms with E-state index in [0.29, 0.717) is 22.2 Å². The van der Waals surface area contributed by atoms with Crippen molar-refractivity contribution in [1.29, 1.82) is 0 Å². The number of benzene rings is 2. The molecule has 1 fully saturated rings. The summed E-state index contributed by atoms with van der Waals surface area (Å²) < 4.78 is 2.48. The average molecular weight is 432 g/mol. The molecule has 0 spiro atoms. The molecular weight excluding hydrogens is 416 g/mol. The van der Waals surface area contributed by atoms with Crippen molar-refractivity contribution in [3.63, 3.8) is 0 Å². The highest BCUT2D eigenvalue weighted by molar-refractivity contribution is 9.10. The molecule has 6 heteroatoms. The van der Waals surface area contributed by atoms with Gasteiger partial charge in [0, 0.05) is 15.6 Å². The number of aromatic nitrogens is 2. The van der Waals surface area contributed by atoms with Gasteiger partial charge >= 0.3 is 5.97 Å². The van der Waals surface area contributed by atoms with E-state index in [4.69, 9.17) is 11.6 Å². The van der Waals surface area contributed by atoms with Crippen molar-refractivity contribution in [1.82, 2.24) is 9.78 Å². The van der Waals surface area contributed by atoms with Gasteiger partial charge in [0.05, 0.1) is 16.4 Å². The maximum Gasteiger partial charge on any atom is 0.356 e. The van der Waals surface area contributed by atoms with Crippen molar-refractivity contribution in [3.8, 4) is 16.9 Å². The predicted octanol–water partition coefficient (Wildman–Crippen LogP) is 5.84. The van der Waals surface area contributed by atoms with Crippen LogP contribution in [0.5, 0.6) is 0 Å². The van der Waals surface area contributed by atoms with Gasteiger partial charge in [0.1, 0.15) is 0 Å². The van der Waals surface area contributed by atoms with Gasteiger partial charge < -0.3 is 5.11 Å². The van der Waals surface area contributed by atoms with Gasteiger partial charge in [-0.1, -0.05) is 51.8 Å². The third-order valence-corrected chi connectivity index (χ3v) is 5.49. The quantitative estimate of drug-likeness (QED) is 0.564. The highest BCUT2D eigenvalue weighted by atomic mass is 79.9. The van der Waals surface area contributed by atoms with E-state index in [0.717, 1.165) is 15.7 Å². The van der Waals surface area contributed by atoms with Crippen LogP contribution in [0.3, 0.4) is 0 Å². The van der Waals surface area contributed by atoms with E-state index in [1.165, 1.54) is 18.4 Å². The van der Waals surface area contributed by atoms with Crippen molar-refractivity contribution >= 4 is 33.5 Å². The fraction of sp³-hybridized carbons (Fsp3) is 0.200. The summed E-state index contributed by atoms with van der Waals surface area (Å²) in [5, 5.41) is 14.3. The molecule has 4 rings (SSSR count). The van der Waals surface area contributed by atoms with E-state index < -0.39 is 5.97 Å². The van der Waals surface area contributed by atoms with Crippen LogP contribution in [-0.2, 0) is 0 Å². The van der Waals surface area contributed by atoms with Crippen LogP contribution in [0.15, 0.2) is 46.9 Å². The molecule has 4 nitrogen and oxygen atoms in total. The van der Waals surface area contributed by atoms with E-state index in [1.807, 2.05) is 24.3 Å². The third-order valence-electron chi connectivity index (χ3n) is 4.70. The Morgan fingerprint density at radius 1 is 1.23 bits per heavy atom. The van der Waals surface area contributed by atoms with Gasteiger partial charge in [-0.15, -0.1) is 0 Å². The van der Waals surface area contributed by atoms with Crippen LogP contribution in [0.4, 0.5) is 0 Å². The summed E-state index contributed by atoms with van der Waals surface area (Å²) in [5.41, 5.74) is 4.30. The normalized spacial score (nSPS) is 13.8. The van der Waals surface area contributed by atoms with E-state index in [2.05, 4.69) is 33.2 Å². The molecule has 132 valence electrons. The fourth-order valence-corrected chi connectivity index (χ4v) is 3.95. The molecule has 1 N–H and O–H groups in total. The Bertz CT molecular complexity index is 1010. The highest BCUT2D eigenvalue weighted by Crippen LogP contribution is 2.41. The molecular formula is C20H16BrClN2O2. The second-order valence-corrected chi connectivity index (χ2v) is 7.85. The zero-order valence-corrected chi connectivity index (χ0v) is 16.4. The zero-order valence-electron chi connectivity index (χ0n) is 14.0. The summed E-state index contributed by atoms with van der Waals surface area (Å²) in [7, 11) is 0. The lowest BCUT2D eigenvalue weighted by Gasteiger charge is -2.11. The minimum Gasteiger partial charge on any atom is -0.476 e. The van der Waals surface area contributed by atoms with E-state index in [1.54, 1.807) is 17.7 Å². The van der Waals surface area contributed by atoms with Crippen molar-refractivity contribution in [2.24, 2.45) is 0 Å². The lowest BCUT2D eigenvalue weighted by atomic mass is 10.0. The Hall–Kier alpha value is -2.11. The lowest BCUT2D eigenvalue weighted by molar-refractivity contribution is 0.0689. The Morgan fingerprint density at radius 2 is 1.92 bits per heavy atom. The monoisotopic (exact) mass is 430 g/mol. The van der Waals surface area contributed by atoms with E-state index in [-0.39, 0.29) is 5.69 Å². The number of carboxylic acid groups (broad SMARTS) is 1. The van der Waals surface area contributed by atoms with Crippen molar-refractivity contribution < 1.29 is 9.90 Å². The number of nitrogens with zero attached hydrogens (tertiary/aromatic N) is 2. The molecule has 0 bridgehead atoms. The third kappa shape index (κ3) is 3.06. The Labute approximate surface area is 164 Å². The molecule has 1 saturated carbocycles. The molecule has 1 aliphatic carbocycles. The van der Waals surface area contributed by atoms with Crippen LogP contribution in [0.25, 0.3) is 16.9 Å². The number of halogens is 2. The number of rotatable bonds is 4. The molecule has 2 aromatic carbocycles. The van der Waals surface area contributed by atoms with Gasteiger partial charge in [-0.2, -0.15) is 5.10 Å². The minimum atomic E-state index is -1.05. The molecule has 3 aromatic rings. The summed E-state index contributed by atoms with van der Waals surface area (Å²) in [4.78, 5) is 11.6. The number of aromatic carboxylic acids is 1. The Kier molecular flexibility index (Phi) is 4.37. The topological polar surface area (TPSA) is 55.1 Å². The first kappa shape index (κ1) is 17.3. The van der Waals surface area contributed by atoms with Crippen LogP contribution in [0.2, 0.25) is 5.02 Å². The molecule has 26 heavy (non-hydrogen) atoms. The number of carbonyl (C=O) groups is 1. The molecule has 0 saturated heterocycles. The summed E-state index contributed by atoms with van der Waals surface area (Å²) in [6, 6.07) is 13.8. The number of hydrogen-bond donors (Lipinski definition) is 1. The average Bonchev–Trinajstić information content (AvgIpc) is 3.39. The molecule has 0 unspecified atom stereocenters. The van der Waals surface area contributed by atoms with Crippen molar-refractivity contribution in [2.75, 3.05) is 0 Å². The maximum absolute atomic E-state index is 11.6. The number of carboxylic acids is 1. The molecule has 1 aromatic heterocycles. The first-order chi connectivity index (χ1) is 12.5. The fourth-order valence-electron chi connectivity index (χ4n) is 3.20. The highest BCUT2D eigenvalue weighted by Gasteiger charge is 2.25. The zero-order chi connectivity index (χ0) is 18.4. The van der Waals surface area contributed by atoms with Crippen LogP contribution in [0, 0.1) is 6.92 Å². The maximum atomic E-state index is 11.6. The number of hydrogen-bond acceptors (Lipinski definition) is 2. The van der Waals surface area contributed by atoms with Crippen molar-refractivity contribution in [2.45, 2.75) is 25.7 Å². The minimum absolute atomic E-state index is 0.0326. The summed E-state index contributed by atoms with van der Waals surface area (Å²) in [6.07, 6.45) is 2.49. The van der Waals surface area contributed by atoms with Crippen molar-refractivity contribution in [3.05, 3.63) is 68.8 Å². The Morgan fingerprint density at radius 3 is 2.50 bits per heavy atom. The molecule has 0 radical (unpaired) electrons. The summed E-state index contributed by atoms with van der Waals surface area (Å²) in [6.45, 7) is 1.78. The van der Waals surface area contributed by atoms with Crippen LogP contribution < -0.4 is 0 Å². The molecule has 0 amide bonds. The second kappa shape index (κ2) is 6.56. The first-order valence-corrected chi connectivity index (χ1v) is 9.51. The smallest absolute Gasteiger partial charge is 0.356 e. The van der Waals surface area contributed by atoms with Crippen LogP contribution in [0.1, 0.15) is 40.4 Å². The molecule has 0 aliphatic heterocycles. The second-order valence-electron chi connectivity index (χ2n) is 6.53. The standard InChI is InChI=1S/C20H16BrClN2O2/c1-11-18(20(25)26)23-24(17-9-8-15(21)10-16(17)22)19(11)14-6-4-13(5-7-14)12-2-3-12/h4-10,12H,2-3H2,1H3,(H,25,26).